The maximum atomic E-state index is 13.0. The summed E-state index contributed by atoms with van der Waals surface area (Å²) in [6.07, 6.45) is 2.87. The normalized spacial score (nSPS) is 13.6. The van der Waals surface area contributed by atoms with Gasteiger partial charge in [-0.25, -0.2) is 16.8 Å². The molecule has 0 heterocycles. The van der Waals surface area contributed by atoms with E-state index in [-0.39, 0.29) is 15.5 Å². The molecule has 0 fully saturated rings. The van der Waals surface area contributed by atoms with Crippen LogP contribution in [0, 0.1) is 13.8 Å². The Kier molecular flexibility index (Phi) is 5.53. The van der Waals surface area contributed by atoms with Crippen molar-refractivity contribution in [3.63, 3.8) is 0 Å². The number of anilines is 2. The minimum atomic E-state index is -3.88. The van der Waals surface area contributed by atoms with Crippen LogP contribution in [0.15, 0.2) is 70.5 Å². The second kappa shape index (κ2) is 8.01. The molecule has 0 saturated carbocycles. The predicted molar refractivity (Wildman–Crippen MR) is 122 cm³/mol. The van der Waals surface area contributed by atoms with Crippen LogP contribution in [0.2, 0.25) is 0 Å². The number of sulfonamides is 2. The van der Waals surface area contributed by atoms with Crippen molar-refractivity contribution < 1.29 is 16.8 Å². The molecular weight excluding hydrogens is 432 g/mol. The van der Waals surface area contributed by atoms with Crippen LogP contribution in [0.25, 0.3) is 0 Å². The van der Waals surface area contributed by atoms with Gasteiger partial charge in [-0.15, -0.1) is 0 Å². The Hall–Kier alpha value is -2.84. The van der Waals surface area contributed by atoms with Crippen molar-refractivity contribution in [3.8, 4) is 0 Å². The third-order valence-corrected chi connectivity index (χ3v) is 8.16. The lowest BCUT2D eigenvalue weighted by molar-refractivity contribution is 0.598. The van der Waals surface area contributed by atoms with Gasteiger partial charge in [-0.1, -0.05) is 24.3 Å². The molecule has 8 heteroatoms. The van der Waals surface area contributed by atoms with Crippen molar-refractivity contribution in [2.24, 2.45) is 0 Å². The third kappa shape index (κ3) is 4.60. The van der Waals surface area contributed by atoms with E-state index in [1.165, 1.54) is 17.7 Å². The summed E-state index contributed by atoms with van der Waals surface area (Å²) in [5.74, 6) is 0. The van der Waals surface area contributed by atoms with E-state index in [0.717, 1.165) is 30.4 Å². The van der Waals surface area contributed by atoms with Crippen molar-refractivity contribution in [3.05, 3.63) is 82.9 Å². The molecule has 2 N–H and O–H groups in total. The third-order valence-electron chi connectivity index (χ3n) is 5.41. The van der Waals surface area contributed by atoms with E-state index in [9.17, 15) is 16.8 Å². The lowest BCUT2D eigenvalue weighted by atomic mass is 10.1. The van der Waals surface area contributed by atoms with Crippen LogP contribution in [0.1, 0.15) is 28.7 Å². The SMILES string of the molecule is Cc1cccc(NS(=O)(=O)c2ccc(C)c(NS(=O)(=O)c3ccc4c(c3)CCC4)c2)c1. The molecule has 0 amide bonds. The first-order valence-corrected chi connectivity index (χ1v) is 13.0. The molecule has 6 nitrogen and oxygen atoms in total. The average Bonchev–Trinajstić information content (AvgIpc) is 3.17. The van der Waals surface area contributed by atoms with Gasteiger partial charge in [0, 0.05) is 5.69 Å². The molecule has 162 valence electrons. The summed E-state index contributed by atoms with van der Waals surface area (Å²) < 4.78 is 56.7. The Morgan fingerprint density at radius 1 is 0.710 bits per heavy atom. The van der Waals surface area contributed by atoms with Crippen molar-refractivity contribution in [2.75, 3.05) is 9.44 Å². The molecule has 3 aromatic carbocycles. The quantitative estimate of drug-likeness (QED) is 0.575. The second-order valence-electron chi connectivity index (χ2n) is 7.84. The Morgan fingerprint density at radius 3 is 2.16 bits per heavy atom. The standard InChI is InChI=1S/C23H24N2O4S2/c1-16-5-3-8-20(13-16)24-30(26,27)22-11-9-17(2)23(15-22)25-31(28,29)21-12-10-18-6-4-7-19(18)14-21/h3,5,8-15,24-25H,4,6-7H2,1-2H3. The van der Waals surface area contributed by atoms with Gasteiger partial charge >= 0.3 is 0 Å². The van der Waals surface area contributed by atoms with Gasteiger partial charge < -0.3 is 0 Å². The van der Waals surface area contributed by atoms with Crippen LogP contribution in [0.4, 0.5) is 11.4 Å². The van der Waals surface area contributed by atoms with E-state index < -0.39 is 20.0 Å². The average molecular weight is 457 g/mol. The van der Waals surface area contributed by atoms with Crippen molar-refractivity contribution in [1.82, 2.24) is 0 Å². The molecule has 1 aliphatic carbocycles. The molecule has 0 bridgehead atoms. The van der Waals surface area contributed by atoms with Crippen molar-refractivity contribution in [2.45, 2.75) is 42.9 Å². The van der Waals surface area contributed by atoms with E-state index in [2.05, 4.69) is 9.44 Å². The highest BCUT2D eigenvalue weighted by atomic mass is 32.2. The highest BCUT2D eigenvalue weighted by Crippen LogP contribution is 2.28. The molecule has 0 unspecified atom stereocenters. The van der Waals surface area contributed by atoms with E-state index in [1.54, 1.807) is 43.3 Å². The minimum Gasteiger partial charge on any atom is -0.280 e. The van der Waals surface area contributed by atoms with E-state index in [1.807, 2.05) is 19.1 Å². The first kappa shape index (κ1) is 21.4. The Labute approximate surface area is 183 Å². The fourth-order valence-corrected chi connectivity index (χ4v) is 5.97. The van der Waals surface area contributed by atoms with E-state index in [4.69, 9.17) is 0 Å². The summed E-state index contributed by atoms with van der Waals surface area (Å²) >= 11 is 0. The van der Waals surface area contributed by atoms with Crippen LogP contribution in [-0.4, -0.2) is 16.8 Å². The number of fused-ring (bicyclic) bond motifs is 1. The van der Waals surface area contributed by atoms with Crippen LogP contribution < -0.4 is 9.44 Å². The highest BCUT2D eigenvalue weighted by molar-refractivity contribution is 7.93. The summed E-state index contributed by atoms with van der Waals surface area (Å²) in [5.41, 5.74) is 4.46. The van der Waals surface area contributed by atoms with Gasteiger partial charge in [0.1, 0.15) is 0 Å². The maximum Gasteiger partial charge on any atom is 0.261 e. The largest absolute Gasteiger partial charge is 0.280 e. The van der Waals surface area contributed by atoms with Crippen LogP contribution in [-0.2, 0) is 32.9 Å². The molecule has 3 aromatic rings. The summed E-state index contributed by atoms with van der Waals surface area (Å²) in [5, 5.41) is 0. The molecule has 1 aliphatic rings. The van der Waals surface area contributed by atoms with Crippen molar-refractivity contribution >= 4 is 31.4 Å². The van der Waals surface area contributed by atoms with Gasteiger partial charge in [-0.05, 0) is 91.8 Å². The monoisotopic (exact) mass is 456 g/mol. The molecule has 0 atom stereocenters. The molecule has 0 aliphatic heterocycles. The zero-order valence-corrected chi connectivity index (χ0v) is 19.0. The molecule has 0 aromatic heterocycles. The Balaban J connectivity index is 1.63. The Morgan fingerprint density at radius 2 is 1.39 bits per heavy atom. The van der Waals surface area contributed by atoms with Gasteiger partial charge in [0.15, 0.2) is 0 Å². The smallest absolute Gasteiger partial charge is 0.261 e. The number of rotatable bonds is 6. The molecule has 31 heavy (non-hydrogen) atoms. The predicted octanol–water partition coefficient (Wildman–Crippen LogP) is 4.39. The molecule has 4 rings (SSSR count). The fourth-order valence-electron chi connectivity index (χ4n) is 3.72. The van der Waals surface area contributed by atoms with Gasteiger partial charge in [-0.3, -0.25) is 9.44 Å². The second-order valence-corrected chi connectivity index (χ2v) is 11.2. The number of nitrogens with one attached hydrogen (secondary N) is 2. The lowest BCUT2D eigenvalue weighted by Gasteiger charge is -2.14. The maximum absolute atomic E-state index is 13.0. The van der Waals surface area contributed by atoms with E-state index >= 15 is 0 Å². The van der Waals surface area contributed by atoms with Gasteiger partial charge in [-0.2, -0.15) is 0 Å². The topological polar surface area (TPSA) is 92.3 Å². The summed E-state index contributed by atoms with van der Waals surface area (Å²) in [6, 6.07) is 16.6. The lowest BCUT2D eigenvalue weighted by Crippen LogP contribution is -2.16. The number of hydrogen-bond acceptors (Lipinski definition) is 4. The van der Waals surface area contributed by atoms with Gasteiger partial charge in [0.05, 0.1) is 15.5 Å². The highest BCUT2D eigenvalue weighted by Gasteiger charge is 2.21. The molecule has 0 saturated heterocycles. The van der Waals surface area contributed by atoms with Crippen molar-refractivity contribution in [1.29, 1.82) is 0 Å². The van der Waals surface area contributed by atoms with E-state index in [0.29, 0.717) is 11.3 Å². The van der Waals surface area contributed by atoms with Gasteiger partial charge in [0.25, 0.3) is 20.0 Å². The number of hydrogen-bond donors (Lipinski definition) is 2. The van der Waals surface area contributed by atoms with Crippen LogP contribution in [0.3, 0.4) is 0 Å². The van der Waals surface area contributed by atoms with Crippen LogP contribution >= 0.6 is 0 Å². The summed E-state index contributed by atoms with van der Waals surface area (Å²) in [4.78, 5) is 0.157. The molecule has 0 radical (unpaired) electrons. The summed E-state index contributed by atoms with van der Waals surface area (Å²) in [7, 11) is -7.73. The first-order valence-electron chi connectivity index (χ1n) is 9.99. The minimum absolute atomic E-state index is 0.0220. The zero-order chi connectivity index (χ0) is 22.2. The molecular formula is C23H24N2O4S2. The number of benzene rings is 3. The Bertz CT molecular complexity index is 1360. The first-order chi connectivity index (χ1) is 14.6. The zero-order valence-electron chi connectivity index (χ0n) is 17.3. The van der Waals surface area contributed by atoms with Crippen LogP contribution in [0.5, 0.6) is 0 Å². The summed E-state index contributed by atoms with van der Waals surface area (Å²) in [6.45, 7) is 3.60. The molecule has 0 spiro atoms. The fraction of sp³-hybridized carbons (Fsp3) is 0.217. The number of aryl methyl sites for hydroxylation is 4. The van der Waals surface area contributed by atoms with Gasteiger partial charge in [0.2, 0.25) is 0 Å².